The van der Waals surface area contributed by atoms with Gasteiger partial charge in [0.2, 0.25) is 0 Å². The van der Waals surface area contributed by atoms with Crippen LogP contribution in [0.3, 0.4) is 0 Å². The summed E-state index contributed by atoms with van der Waals surface area (Å²) < 4.78 is 11.2. The third-order valence-electron chi connectivity index (χ3n) is 5.57. The number of morpholine rings is 1. The number of rotatable bonds is 3. The number of likely N-dealkylation sites (N-methyl/N-ethyl adjacent to an activating group) is 1. The van der Waals surface area contributed by atoms with Crippen molar-refractivity contribution < 1.29 is 19.1 Å². The lowest BCUT2D eigenvalue weighted by molar-refractivity contribution is -0.138. The zero-order valence-electron chi connectivity index (χ0n) is 13.6. The lowest BCUT2D eigenvalue weighted by Crippen LogP contribution is -2.49. The van der Waals surface area contributed by atoms with Crippen LogP contribution in [0.15, 0.2) is 0 Å². The fraction of sp³-hybridized carbons (Fsp3) is 0.875. The summed E-state index contributed by atoms with van der Waals surface area (Å²) in [5.74, 6) is 0.829. The molecule has 3 heterocycles. The Morgan fingerprint density at radius 2 is 1.96 bits per heavy atom. The zero-order chi connectivity index (χ0) is 16.0. The van der Waals surface area contributed by atoms with Crippen LogP contribution < -0.4 is 0 Å². The monoisotopic (exact) mass is 323 g/mol. The first-order chi connectivity index (χ1) is 11.1. The highest BCUT2D eigenvalue weighted by Gasteiger charge is 2.53. The van der Waals surface area contributed by atoms with Gasteiger partial charge in [-0.1, -0.05) is 0 Å². The summed E-state index contributed by atoms with van der Waals surface area (Å²) in [6.07, 6.45) is 2.06. The first-order valence-electron chi connectivity index (χ1n) is 8.65. The molecule has 128 valence electrons. The number of carbonyl (C=O) groups is 2. The molecule has 0 bridgehead atoms. The Bertz CT molecular complexity index is 490. The highest BCUT2D eigenvalue weighted by Crippen LogP contribution is 2.36. The Kier molecular flexibility index (Phi) is 3.93. The molecule has 0 unspecified atom stereocenters. The number of amides is 3. The van der Waals surface area contributed by atoms with Crippen molar-refractivity contribution in [3.05, 3.63) is 0 Å². The molecule has 4 aliphatic rings. The molecular formula is C16H25N3O4. The number of carbonyl (C=O) groups excluding carboxylic acids is 2. The van der Waals surface area contributed by atoms with E-state index in [2.05, 4.69) is 0 Å². The van der Waals surface area contributed by atoms with E-state index in [0.29, 0.717) is 51.9 Å². The van der Waals surface area contributed by atoms with Crippen LogP contribution in [0.1, 0.15) is 12.8 Å². The van der Waals surface area contributed by atoms with E-state index in [1.165, 1.54) is 12.8 Å². The van der Waals surface area contributed by atoms with Crippen LogP contribution in [-0.2, 0) is 14.3 Å². The van der Waals surface area contributed by atoms with Crippen LogP contribution in [0.2, 0.25) is 0 Å². The molecule has 4 fully saturated rings. The molecule has 3 saturated heterocycles. The minimum absolute atomic E-state index is 0.0736. The topological polar surface area (TPSA) is 62.3 Å². The van der Waals surface area contributed by atoms with E-state index in [1.807, 2.05) is 16.8 Å². The van der Waals surface area contributed by atoms with Crippen LogP contribution in [-0.4, -0.2) is 91.8 Å². The van der Waals surface area contributed by atoms with E-state index in [4.69, 9.17) is 9.47 Å². The average molecular weight is 323 g/mol. The maximum absolute atomic E-state index is 12.7. The maximum Gasteiger partial charge on any atom is 0.320 e. The Hall–Kier alpha value is -1.34. The van der Waals surface area contributed by atoms with Gasteiger partial charge in [-0.15, -0.1) is 0 Å². The summed E-state index contributed by atoms with van der Waals surface area (Å²) >= 11 is 0. The van der Waals surface area contributed by atoms with Gasteiger partial charge in [-0.3, -0.25) is 4.79 Å². The third-order valence-corrected chi connectivity index (χ3v) is 5.57. The maximum atomic E-state index is 12.7. The van der Waals surface area contributed by atoms with Gasteiger partial charge < -0.3 is 24.2 Å². The summed E-state index contributed by atoms with van der Waals surface area (Å²) in [6.45, 7) is 4.45. The van der Waals surface area contributed by atoms with Crippen molar-refractivity contribution in [3.8, 4) is 0 Å². The Labute approximate surface area is 136 Å². The number of hydrogen-bond donors (Lipinski definition) is 0. The Morgan fingerprint density at radius 3 is 2.65 bits per heavy atom. The number of urea groups is 1. The van der Waals surface area contributed by atoms with Crippen molar-refractivity contribution in [2.45, 2.75) is 25.0 Å². The number of nitrogens with zero attached hydrogens (tertiary/aromatic N) is 3. The van der Waals surface area contributed by atoms with Crippen molar-refractivity contribution >= 4 is 11.9 Å². The van der Waals surface area contributed by atoms with Crippen LogP contribution in [0.25, 0.3) is 0 Å². The van der Waals surface area contributed by atoms with E-state index in [0.717, 1.165) is 0 Å². The van der Waals surface area contributed by atoms with Gasteiger partial charge in [-0.2, -0.15) is 0 Å². The molecule has 7 nitrogen and oxygen atoms in total. The first kappa shape index (κ1) is 15.2. The van der Waals surface area contributed by atoms with Gasteiger partial charge in [-0.05, 0) is 18.8 Å². The molecule has 1 saturated carbocycles. The minimum Gasteiger partial charge on any atom is -0.378 e. The molecule has 3 atom stereocenters. The molecule has 23 heavy (non-hydrogen) atoms. The molecule has 0 spiro atoms. The zero-order valence-corrected chi connectivity index (χ0v) is 13.6. The first-order valence-corrected chi connectivity index (χ1v) is 8.65. The van der Waals surface area contributed by atoms with E-state index >= 15 is 0 Å². The fourth-order valence-electron chi connectivity index (χ4n) is 3.90. The van der Waals surface area contributed by atoms with Crippen LogP contribution >= 0.6 is 0 Å². The molecule has 4 rings (SSSR count). The highest BCUT2D eigenvalue weighted by atomic mass is 16.5. The average Bonchev–Trinajstić information content (AvgIpc) is 3.26. The summed E-state index contributed by atoms with van der Waals surface area (Å²) in [5, 5.41) is 0. The summed E-state index contributed by atoms with van der Waals surface area (Å²) in [5.41, 5.74) is 0. The normalized spacial score (nSPS) is 34.2. The van der Waals surface area contributed by atoms with Crippen LogP contribution in [0.5, 0.6) is 0 Å². The molecule has 0 aromatic carbocycles. The van der Waals surface area contributed by atoms with Gasteiger partial charge in [0.1, 0.15) is 6.10 Å². The van der Waals surface area contributed by atoms with Crippen molar-refractivity contribution in [2.75, 3.05) is 53.0 Å². The summed E-state index contributed by atoms with van der Waals surface area (Å²) in [7, 11) is 1.84. The number of ether oxygens (including phenoxy) is 2. The lowest BCUT2D eigenvalue weighted by atomic mass is 10.0. The van der Waals surface area contributed by atoms with E-state index < -0.39 is 0 Å². The van der Waals surface area contributed by atoms with E-state index in [1.54, 1.807) is 4.90 Å². The molecule has 1 aliphatic carbocycles. The van der Waals surface area contributed by atoms with Gasteiger partial charge in [0, 0.05) is 39.1 Å². The van der Waals surface area contributed by atoms with Gasteiger partial charge >= 0.3 is 6.03 Å². The van der Waals surface area contributed by atoms with Crippen molar-refractivity contribution in [2.24, 2.45) is 11.8 Å². The van der Waals surface area contributed by atoms with Crippen LogP contribution in [0.4, 0.5) is 4.79 Å². The molecule has 0 radical (unpaired) electrons. The molecule has 0 aromatic rings. The van der Waals surface area contributed by atoms with Crippen molar-refractivity contribution in [1.82, 2.24) is 14.7 Å². The standard InChI is InChI=1S/C16H25N3O4/c1-17-13-9-19(16(21)18-4-6-22-7-5-18)8-12(13)14(15(17)20)23-10-11-2-3-11/h11-14H,2-10H2,1H3/t12-,13+,14-/m0/s1. The second kappa shape index (κ2) is 5.94. The van der Waals surface area contributed by atoms with Gasteiger partial charge in [0.15, 0.2) is 0 Å². The largest absolute Gasteiger partial charge is 0.378 e. The van der Waals surface area contributed by atoms with Gasteiger partial charge in [0.05, 0.1) is 25.9 Å². The van der Waals surface area contributed by atoms with E-state index in [-0.39, 0.29) is 30.0 Å². The molecule has 0 N–H and O–H groups in total. The molecule has 7 heteroatoms. The van der Waals surface area contributed by atoms with Crippen molar-refractivity contribution in [3.63, 3.8) is 0 Å². The Morgan fingerprint density at radius 1 is 1.22 bits per heavy atom. The third kappa shape index (κ3) is 2.80. The summed E-state index contributed by atoms with van der Waals surface area (Å²) in [4.78, 5) is 30.6. The fourth-order valence-corrected chi connectivity index (χ4v) is 3.90. The second-order valence-corrected chi connectivity index (χ2v) is 7.16. The molecule has 0 aromatic heterocycles. The number of likely N-dealkylation sites (tertiary alicyclic amines) is 2. The molecular weight excluding hydrogens is 298 g/mol. The predicted molar refractivity (Wildman–Crippen MR) is 81.9 cm³/mol. The van der Waals surface area contributed by atoms with Crippen molar-refractivity contribution in [1.29, 1.82) is 0 Å². The molecule has 3 aliphatic heterocycles. The van der Waals surface area contributed by atoms with Crippen LogP contribution in [0, 0.1) is 11.8 Å². The van der Waals surface area contributed by atoms with Gasteiger partial charge in [-0.25, -0.2) is 4.79 Å². The van der Waals surface area contributed by atoms with Gasteiger partial charge in [0.25, 0.3) is 5.91 Å². The SMILES string of the molecule is CN1C(=O)[C@@H](OCC2CC2)[C@H]2CN(C(=O)N3CCOCC3)C[C@H]21. The number of hydrogen-bond acceptors (Lipinski definition) is 4. The Balaban J connectivity index is 1.40. The lowest BCUT2D eigenvalue weighted by Gasteiger charge is -2.32. The number of fused-ring (bicyclic) bond motifs is 1. The highest BCUT2D eigenvalue weighted by molar-refractivity contribution is 5.85. The smallest absolute Gasteiger partial charge is 0.320 e. The van der Waals surface area contributed by atoms with E-state index in [9.17, 15) is 9.59 Å². The predicted octanol–water partition coefficient (Wildman–Crippen LogP) is 0.00620. The quantitative estimate of drug-likeness (QED) is 0.734. The minimum atomic E-state index is -0.368. The second-order valence-electron chi connectivity index (χ2n) is 7.16. The summed E-state index contributed by atoms with van der Waals surface area (Å²) in [6, 6.07) is 0.168. The molecule has 3 amide bonds.